The molecule has 1 saturated heterocycles. The third-order valence-electron chi connectivity index (χ3n) is 6.03. The molecule has 0 amide bonds. The molecule has 33 heavy (non-hydrogen) atoms. The Morgan fingerprint density at radius 1 is 1.15 bits per heavy atom. The van der Waals surface area contributed by atoms with Gasteiger partial charge >= 0.3 is 5.97 Å². The predicted molar refractivity (Wildman–Crippen MR) is 130 cm³/mol. The van der Waals surface area contributed by atoms with Crippen molar-refractivity contribution in [2.24, 2.45) is 0 Å². The van der Waals surface area contributed by atoms with Crippen LogP contribution in [0.25, 0.3) is 29.1 Å². The van der Waals surface area contributed by atoms with Crippen LogP contribution in [0.3, 0.4) is 0 Å². The molecule has 1 atom stereocenters. The minimum absolute atomic E-state index is 0.0301. The molecule has 0 radical (unpaired) electrons. The monoisotopic (exact) mass is 438 g/mol. The number of likely N-dealkylation sites (N-methyl/N-ethyl adjacent to an activating group) is 1. The van der Waals surface area contributed by atoms with Gasteiger partial charge in [0.25, 0.3) is 0 Å². The number of carbonyl (C=O) groups excluding carboxylic acids is 1. The minimum atomic E-state index is -0.262. The zero-order valence-corrected chi connectivity index (χ0v) is 18.8. The van der Waals surface area contributed by atoms with E-state index in [0.29, 0.717) is 5.56 Å². The molecule has 6 heteroatoms. The molecule has 0 saturated carbocycles. The third kappa shape index (κ3) is 4.56. The average molecular weight is 439 g/mol. The fraction of sp³-hybridized carbons (Fsp3) is 0.222. The first-order valence-corrected chi connectivity index (χ1v) is 11.1. The molecule has 2 aromatic heterocycles. The van der Waals surface area contributed by atoms with Crippen molar-refractivity contribution in [1.82, 2.24) is 20.1 Å². The lowest BCUT2D eigenvalue weighted by Crippen LogP contribution is -2.22. The van der Waals surface area contributed by atoms with Gasteiger partial charge in [0.05, 0.1) is 23.1 Å². The van der Waals surface area contributed by atoms with Crippen LogP contribution in [0.4, 0.5) is 0 Å². The first kappa shape index (κ1) is 21.1. The van der Waals surface area contributed by atoms with Gasteiger partial charge in [-0.15, -0.1) is 0 Å². The fourth-order valence-electron chi connectivity index (χ4n) is 4.26. The number of aromatic nitrogens is 3. The van der Waals surface area contributed by atoms with Crippen LogP contribution in [0.1, 0.15) is 39.2 Å². The van der Waals surface area contributed by atoms with Crippen molar-refractivity contribution in [2.45, 2.75) is 19.4 Å². The van der Waals surface area contributed by atoms with E-state index < -0.39 is 0 Å². The van der Waals surface area contributed by atoms with Gasteiger partial charge in [0.15, 0.2) is 0 Å². The second kappa shape index (κ2) is 9.00. The van der Waals surface area contributed by atoms with E-state index in [9.17, 15) is 4.79 Å². The number of carbonyl (C=O) groups is 1. The third-order valence-corrected chi connectivity index (χ3v) is 6.03. The van der Waals surface area contributed by atoms with Gasteiger partial charge in [-0.25, -0.2) is 4.79 Å². The highest BCUT2D eigenvalue weighted by Gasteiger charge is 2.24. The van der Waals surface area contributed by atoms with Crippen molar-refractivity contribution in [3.8, 4) is 11.4 Å². The standard InChI is InChI=1S/C27H26N4O2/c1-18-5-3-8-25(29-18)26-24(16-28-30-26)20-6-4-7-21-15-22(12-10-19(21)9-11-20)27(32)33-23-13-14-31(2)17-23/h3-12,15-16,23H,13-14,17H2,1-2H3,(H,28,30)/b6-4?,7-4+,11-9?,19-9?,20-6?,20-11?,21-7?/t23-/m1/s1. The molecule has 3 heterocycles. The van der Waals surface area contributed by atoms with Crippen molar-refractivity contribution >= 4 is 23.7 Å². The summed E-state index contributed by atoms with van der Waals surface area (Å²) in [6, 6.07) is 11.7. The van der Waals surface area contributed by atoms with Crippen LogP contribution in [0.5, 0.6) is 0 Å². The summed E-state index contributed by atoms with van der Waals surface area (Å²) < 4.78 is 5.69. The summed E-state index contributed by atoms with van der Waals surface area (Å²) in [6.07, 6.45) is 12.9. The number of ether oxygens (including phenoxy) is 1. The maximum absolute atomic E-state index is 12.6. The Hall–Kier alpha value is -3.77. The summed E-state index contributed by atoms with van der Waals surface area (Å²) in [5.41, 5.74) is 7.31. The number of esters is 1. The number of pyridine rings is 1. The second-order valence-electron chi connectivity index (χ2n) is 8.56. The van der Waals surface area contributed by atoms with E-state index in [1.807, 2.05) is 74.8 Å². The van der Waals surface area contributed by atoms with Crippen molar-refractivity contribution in [1.29, 1.82) is 0 Å². The Morgan fingerprint density at radius 3 is 2.88 bits per heavy atom. The highest BCUT2D eigenvalue weighted by atomic mass is 16.5. The number of nitrogens with zero attached hydrogens (tertiary/aromatic N) is 3. The molecule has 0 bridgehead atoms. The number of aromatic amines is 1. The molecule has 1 aliphatic heterocycles. The van der Waals surface area contributed by atoms with Crippen LogP contribution in [0.2, 0.25) is 0 Å². The molecule has 0 spiro atoms. The van der Waals surface area contributed by atoms with Gasteiger partial charge in [0.2, 0.25) is 0 Å². The lowest BCUT2D eigenvalue weighted by Gasteiger charge is -2.13. The maximum Gasteiger partial charge on any atom is 0.338 e. The number of likely N-dealkylation sites (tertiary alicyclic amines) is 1. The Kier molecular flexibility index (Phi) is 5.75. The quantitative estimate of drug-likeness (QED) is 0.595. The molecule has 3 aromatic rings. The Morgan fingerprint density at radius 2 is 2.06 bits per heavy atom. The lowest BCUT2D eigenvalue weighted by atomic mass is 9.97. The number of hydrogen-bond acceptors (Lipinski definition) is 5. The van der Waals surface area contributed by atoms with Crippen LogP contribution >= 0.6 is 0 Å². The van der Waals surface area contributed by atoms with Crippen LogP contribution < -0.4 is 0 Å². The van der Waals surface area contributed by atoms with E-state index in [1.54, 1.807) is 0 Å². The Balaban J connectivity index is 1.38. The van der Waals surface area contributed by atoms with Gasteiger partial charge in [-0.1, -0.05) is 42.5 Å². The van der Waals surface area contributed by atoms with Gasteiger partial charge in [-0.05, 0) is 61.4 Å². The zero-order valence-electron chi connectivity index (χ0n) is 18.8. The Bertz CT molecular complexity index is 1280. The molecular formula is C27H26N4O2. The van der Waals surface area contributed by atoms with Gasteiger partial charge in [0.1, 0.15) is 6.10 Å². The molecule has 5 rings (SSSR count). The average Bonchev–Trinajstić information content (AvgIpc) is 3.43. The highest BCUT2D eigenvalue weighted by molar-refractivity contribution is 5.92. The zero-order chi connectivity index (χ0) is 22.8. The molecule has 2 aliphatic rings. The minimum Gasteiger partial charge on any atom is -0.457 e. The normalized spacial score (nSPS) is 18.8. The SMILES string of the molecule is Cc1cccc(-c2[nH]ncc2C2=C/C=C/c3cc(C(=O)O[C@@H]4CCN(C)C4)ccc3C=C2)n1. The van der Waals surface area contributed by atoms with Crippen molar-refractivity contribution in [3.05, 3.63) is 88.8 Å². The number of benzene rings is 1. The molecule has 166 valence electrons. The molecule has 0 unspecified atom stereocenters. The van der Waals surface area contributed by atoms with Crippen LogP contribution in [-0.2, 0) is 4.74 Å². The number of aryl methyl sites for hydroxylation is 1. The van der Waals surface area contributed by atoms with E-state index in [1.165, 1.54) is 0 Å². The molecule has 6 nitrogen and oxygen atoms in total. The number of nitrogens with one attached hydrogen (secondary N) is 1. The molecule has 1 aliphatic carbocycles. The van der Waals surface area contributed by atoms with E-state index in [2.05, 4.69) is 32.2 Å². The van der Waals surface area contributed by atoms with Gasteiger partial charge in [-0.3, -0.25) is 10.1 Å². The van der Waals surface area contributed by atoms with Crippen molar-refractivity contribution in [2.75, 3.05) is 20.1 Å². The van der Waals surface area contributed by atoms with Gasteiger partial charge < -0.3 is 9.64 Å². The summed E-state index contributed by atoms with van der Waals surface area (Å²) in [4.78, 5) is 19.4. The number of fused-ring (bicyclic) bond motifs is 1. The summed E-state index contributed by atoms with van der Waals surface area (Å²) in [5.74, 6) is -0.262. The number of hydrogen-bond donors (Lipinski definition) is 1. The summed E-state index contributed by atoms with van der Waals surface area (Å²) in [5, 5.41) is 7.35. The van der Waals surface area contributed by atoms with Crippen LogP contribution in [0.15, 0.2) is 60.8 Å². The summed E-state index contributed by atoms with van der Waals surface area (Å²) >= 11 is 0. The van der Waals surface area contributed by atoms with E-state index in [0.717, 1.165) is 58.9 Å². The van der Waals surface area contributed by atoms with E-state index in [-0.39, 0.29) is 12.1 Å². The smallest absolute Gasteiger partial charge is 0.338 e. The molecular weight excluding hydrogens is 412 g/mol. The topological polar surface area (TPSA) is 71.1 Å². The summed E-state index contributed by atoms with van der Waals surface area (Å²) in [6.45, 7) is 3.73. The largest absolute Gasteiger partial charge is 0.457 e. The maximum atomic E-state index is 12.6. The van der Waals surface area contributed by atoms with Gasteiger partial charge in [0, 0.05) is 24.3 Å². The van der Waals surface area contributed by atoms with E-state index in [4.69, 9.17) is 4.74 Å². The lowest BCUT2D eigenvalue weighted by molar-refractivity contribution is 0.0327. The van der Waals surface area contributed by atoms with Crippen molar-refractivity contribution in [3.63, 3.8) is 0 Å². The van der Waals surface area contributed by atoms with Gasteiger partial charge in [-0.2, -0.15) is 5.10 Å². The molecule has 1 aromatic carbocycles. The number of H-pyrrole nitrogens is 1. The fourth-order valence-corrected chi connectivity index (χ4v) is 4.26. The molecule has 1 N–H and O–H groups in total. The van der Waals surface area contributed by atoms with E-state index >= 15 is 0 Å². The van der Waals surface area contributed by atoms with Crippen molar-refractivity contribution < 1.29 is 9.53 Å². The second-order valence-corrected chi connectivity index (χ2v) is 8.56. The summed E-state index contributed by atoms with van der Waals surface area (Å²) in [7, 11) is 2.04. The number of allylic oxidation sites excluding steroid dienone is 4. The van der Waals surface area contributed by atoms with Crippen LogP contribution in [-0.4, -0.2) is 52.3 Å². The first-order valence-electron chi connectivity index (χ1n) is 11.1. The Labute approximate surface area is 193 Å². The number of rotatable bonds is 4. The predicted octanol–water partition coefficient (Wildman–Crippen LogP) is 4.76. The first-order chi connectivity index (χ1) is 16.1. The highest BCUT2D eigenvalue weighted by Crippen LogP contribution is 2.29. The van der Waals surface area contributed by atoms with Crippen LogP contribution in [0, 0.1) is 6.92 Å². The molecule has 1 fully saturated rings.